The number of halogens is 1. The summed E-state index contributed by atoms with van der Waals surface area (Å²) in [7, 11) is 4.54. The highest BCUT2D eigenvalue weighted by molar-refractivity contribution is 6.31. The number of nitrogens with one attached hydrogen (secondary N) is 2. The van der Waals surface area contributed by atoms with Gasteiger partial charge in [0.1, 0.15) is 0 Å². The van der Waals surface area contributed by atoms with Crippen LogP contribution in [0.4, 0.5) is 11.6 Å². The Labute approximate surface area is 177 Å². The van der Waals surface area contributed by atoms with Gasteiger partial charge in [-0.1, -0.05) is 26.5 Å². The van der Waals surface area contributed by atoms with Crippen LogP contribution in [-0.4, -0.2) is 73.5 Å². The van der Waals surface area contributed by atoms with Crippen molar-refractivity contribution >= 4 is 29.2 Å². The van der Waals surface area contributed by atoms with Crippen molar-refractivity contribution in [1.82, 2.24) is 19.9 Å². The van der Waals surface area contributed by atoms with Crippen LogP contribution in [0.2, 0.25) is 5.15 Å². The molecule has 11 heteroatoms. The quantitative estimate of drug-likeness (QED) is 0.453. The van der Waals surface area contributed by atoms with Gasteiger partial charge in [-0.15, -0.1) is 0 Å². The molecular weight excluding hydrogens is 400 g/mol. The summed E-state index contributed by atoms with van der Waals surface area (Å²) in [6.45, 7) is 2.37. The van der Waals surface area contributed by atoms with Gasteiger partial charge in [0.25, 0.3) is 0 Å². The molecule has 0 bridgehead atoms. The zero-order valence-corrected chi connectivity index (χ0v) is 16.2. The molecule has 0 unspecified atom stereocenters. The molecule has 0 saturated heterocycles. The summed E-state index contributed by atoms with van der Waals surface area (Å²) in [6, 6.07) is 0. The molecule has 0 atom stereocenters. The van der Waals surface area contributed by atoms with Gasteiger partial charge in [0, 0.05) is 52.1 Å². The molecule has 2 aromatic heterocycles. The first-order chi connectivity index (χ1) is 13.1. The second-order valence-electron chi connectivity index (χ2n) is 4.78. The molecule has 0 aromatic carbocycles. The third kappa shape index (κ3) is 11.1. The lowest BCUT2D eigenvalue weighted by molar-refractivity contribution is 0.0594. The van der Waals surface area contributed by atoms with Crippen LogP contribution < -0.4 is 10.6 Å². The Bertz CT molecular complexity index is 693. The van der Waals surface area contributed by atoms with Gasteiger partial charge in [-0.25, -0.2) is 24.7 Å². The fraction of sp³-hybridized carbons (Fsp3) is 0.500. The Morgan fingerprint density at radius 2 is 1.34 bits per heavy atom. The number of rotatable bonds is 9. The normalized spacial score (nSPS) is 9.10. The van der Waals surface area contributed by atoms with Gasteiger partial charge < -0.3 is 24.8 Å². The fourth-order valence-electron chi connectivity index (χ4n) is 1.70. The van der Waals surface area contributed by atoms with Crippen molar-refractivity contribution < 1.29 is 19.0 Å². The molecule has 0 aliphatic rings. The molecule has 164 valence electrons. The summed E-state index contributed by atoms with van der Waals surface area (Å²) < 4.78 is 14.3. The first-order valence-electron chi connectivity index (χ1n) is 7.95. The van der Waals surface area contributed by atoms with E-state index in [2.05, 4.69) is 35.3 Å². The molecule has 29 heavy (non-hydrogen) atoms. The van der Waals surface area contributed by atoms with Crippen LogP contribution in [0.5, 0.6) is 0 Å². The Balaban J connectivity index is 0. The highest BCUT2D eigenvalue weighted by Crippen LogP contribution is 2.13. The Kier molecular flexibility index (Phi) is 17.3. The van der Waals surface area contributed by atoms with Gasteiger partial charge in [-0.2, -0.15) is 0 Å². The summed E-state index contributed by atoms with van der Waals surface area (Å²) in [4.78, 5) is 27.0. The van der Waals surface area contributed by atoms with Crippen LogP contribution in [0, 0.1) is 0 Å². The fourth-order valence-corrected chi connectivity index (χ4v) is 1.87. The van der Waals surface area contributed by atoms with Crippen molar-refractivity contribution in [3.8, 4) is 0 Å². The molecule has 2 rings (SSSR count). The minimum Gasteiger partial charge on any atom is -0.464 e. The summed E-state index contributed by atoms with van der Waals surface area (Å²) in [5.41, 5.74) is 0.177. The number of esters is 1. The lowest BCUT2D eigenvalue weighted by Gasteiger charge is -2.07. The van der Waals surface area contributed by atoms with Crippen LogP contribution in [0.15, 0.2) is 24.8 Å². The standard InChI is InChI=1S/C9H13N3O3.C7H10ClN3O.2CH4/c1-14-6-5-12-8-7(9(13)15-2)10-3-4-11-8;1-12-5-4-11-7-6(8)9-2-3-10-7;;/h3-4H,5-6H2,1-2H3,(H,11,12);2-3H,4-5H2,1H3,(H,10,11);2*1H4. The number of carbonyl (C=O) groups excluding carboxylic acids is 1. The molecule has 0 spiro atoms. The molecular formula is C18H31ClN6O4. The molecule has 0 amide bonds. The van der Waals surface area contributed by atoms with E-state index in [4.69, 9.17) is 21.1 Å². The molecule has 0 aliphatic heterocycles. The van der Waals surface area contributed by atoms with Crippen LogP contribution >= 0.6 is 11.6 Å². The van der Waals surface area contributed by atoms with Gasteiger partial charge in [0.05, 0.1) is 20.3 Å². The van der Waals surface area contributed by atoms with Crippen molar-refractivity contribution in [2.75, 3.05) is 58.3 Å². The van der Waals surface area contributed by atoms with Gasteiger partial charge in [0.15, 0.2) is 22.5 Å². The maximum absolute atomic E-state index is 11.3. The summed E-state index contributed by atoms with van der Waals surface area (Å²) in [5, 5.41) is 6.30. The minimum absolute atomic E-state index is 0. The predicted octanol–water partition coefficient (Wildman–Crippen LogP) is 2.78. The number of carbonyl (C=O) groups is 1. The number of anilines is 2. The van der Waals surface area contributed by atoms with Crippen molar-refractivity contribution in [2.24, 2.45) is 0 Å². The molecule has 0 radical (unpaired) electrons. The Hall–Kier alpha value is -2.56. The maximum atomic E-state index is 11.3. The second kappa shape index (κ2) is 17.5. The number of hydrogen-bond acceptors (Lipinski definition) is 10. The van der Waals surface area contributed by atoms with Crippen LogP contribution in [0.3, 0.4) is 0 Å². The molecule has 0 fully saturated rings. The van der Waals surface area contributed by atoms with Crippen molar-refractivity contribution in [3.63, 3.8) is 0 Å². The molecule has 0 aliphatic carbocycles. The second-order valence-corrected chi connectivity index (χ2v) is 5.14. The first kappa shape index (κ1) is 28.6. The SMILES string of the molecule is C.C.COCCNc1nccnc1C(=O)OC.COCCNc1nccnc1Cl. The number of nitrogens with zero attached hydrogens (tertiary/aromatic N) is 4. The number of methoxy groups -OCH3 is 3. The van der Waals surface area contributed by atoms with E-state index < -0.39 is 5.97 Å². The van der Waals surface area contributed by atoms with E-state index in [1.807, 2.05) is 0 Å². The molecule has 2 aromatic rings. The van der Waals surface area contributed by atoms with Crippen molar-refractivity contribution in [1.29, 1.82) is 0 Å². The highest BCUT2D eigenvalue weighted by atomic mass is 35.5. The maximum Gasteiger partial charge on any atom is 0.360 e. The summed E-state index contributed by atoms with van der Waals surface area (Å²) in [6.07, 6.45) is 6.07. The third-order valence-corrected chi connectivity index (χ3v) is 3.20. The Morgan fingerprint density at radius 1 is 0.862 bits per heavy atom. The van der Waals surface area contributed by atoms with Crippen LogP contribution in [0.1, 0.15) is 25.3 Å². The van der Waals surface area contributed by atoms with E-state index >= 15 is 0 Å². The molecule has 0 saturated carbocycles. The third-order valence-electron chi connectivity index (χ3n) is 2.93. The van der Waals surface area contributed by atoms with E-state index in [9.17, 15) is 4.79 Å². The predicted molar refractivity (Wildman–Crippen MR) is 115 cm³/mol. The van der Waals surface area contributed by atoms with Crippen molar-refractivity contribution in [2.45, 2.75) is 14.9 Å². The number of hydrogen-bond donors (Lipinski definition) is 2. The van der Waals surface area contributed by atoms with E-state index in [-0.39, 0.29) is 20.5 Å². The average molecular weight is 431 g/mol. The highest BCUT2D eigenvalue weighted by Gasteiger charge is 2.13. The van der Waals surface area contributed by atoms with Gasteiger partial charge in [-0.3, -0.25) is 0 Å². The smallest absolute Gasteiger partial charge is 0.360 e. The molecule has 10 nitrogen and oxygen atoms in total. The van der Waals surface area contributed by atoms with Crippen LogP contribution in [-0.2, 0) is 14.2 Å². The summed E-state index contributed by atoms with van der Waals surface area (Å²) >= 11 is 5.73. The Morgan fingerprint density at radius 3 is 1.86 bits per heavy atom. The number of aromatic nitrogens is 4. The lowest BCUT2D eigenvalue weighted by Crippen LogP contribution is -2.14. The zero-order valence-electron chi connectivity index (χ0n) is 15.4. The minimum atomic E-state index is -0.511. The van der Waals surface area contributed by atoms with Gasteiger partial charge >= 0.3 is 5.97 Å². The monoisotopic (exact) mass is 430 g/mol. The molecule has 2 heterocycles. The first-order valence-corrected chi connectivity index (χ1v) is 8.33. The zero-order chi connectivity index (χ0) is 19.9. The van der Waals surface area contributed by atoms with Crippen LogP contribution in [0.25, 0.3) is 0 Å². The topological polar surface area (TPSA) is 120 Å². The van der Waals surface area contributed by atoms with E-state index in [0.717, 1.165) is 0 Å². The van der Waals surface area contributed by atoms with Gasteiger partial charge in [0.2, 0.25) is 0 Å². The van der Waals surface area contributed by atoms with E-state index in [0.29, 0.717) is 43.1 Å². The largest absolute Gasteiger partial charge is 0.464 e. The average Bonchev–Trinajstić information content (AvgIpc) is 2.70. The van der Waals surface area contributed by atoms with E-state index in [1.54, 1.807) is 26.6 Å². The van der Waals surface area contributed by atoms with Gasteiger partial charge in [-0.05, 0) is 0 Å². The van der Waals surface area contributed by atoms with Crippen molar-refractivity contribution in [3.05, 3.63) is 35.6 Å². The summed E-state index contributed by atoms with van der Waals surface area (Å²) in [5.74, 6) is 0.487. The number of ether oxygens (including phenoxy) is 3. The lowest BCUT2D eigenvalue weighted by atomic mass is 10.4. The molecule has 2 N–H and O–H groups in total. The van der Waals surface area contributed by atoms with E-state index in [1.165, 1.54) is 19.5 Å².